The first kappa shape index (κ1) is 20.6. The molecule has 0 bridgehead atoms. The summed E-state index contributed by atoms with van der Waals surface area (Å²) in [6.45, 7) is 10.2. The summed E-state index contributed by atoms with van der Waals surface area (Å²) in [4.78, 5) is 6.08. The van der Waals surface area contributed by atoms with Gasteiger partial charge >= 0.3 is 0 Å². The van der Waals surface area contributed by atoms with E-state index in [1.165, 1.54) is 10.4 Å². The van der Waals surface area contributed by atoms with Gasteiger partial charge in [-0.3, -0.25) is 9.80 Å². The van der Waals surface area contributed by atoms with Gasteiger partial charge in [-0.25, -0.2) is 0 Å². The minimum absolute atomic E-state index is 0.331. The van der Waals surface area contributed by atoms with Gasteiger partial charge in [-0.1, -0.05) is 43.6 Å². The number of hydrogen-bond donors (Lipinski definition) is 1. The summed E-state index contributed by atoms with van der Waals surface area (Å²) in [5, 5.41) is 10.4. The second-order valence-electron chi connectivity index (χ2n) is 7.44. The molecule has 27 heavy (non-hydrogen) atoms. The zero-order valence-electron chi connectivity index (χ0n) is 16.1. The maximum Gasteiger partial charge on any atom is 0.122 e. The van der Waals surface area contributed by atoms with Gasteiger partial charge in [-0.15, -0.1) is 11.3 Å². The summed E-state index contributed by atoms with van der Waals surface area (Å²) < 4.78 is 6.76. The molecule has 6 heteroatoms. The smallest absolute Gasteiger partial charge is 0.122 e. The van der Waals surface area contributed by atoms with Crippen LogP contribution in [0.1, 0.15) is 30.2 Å². The van der Waals surface area contributed by atoms with Gasteiger partial charge in [-0.05, 0) is 29.7 Å². The second-order valence-corrected chi connectivity index (χ2v) is 9.24. The molecule has 2 heterocycles. The molecule has 148 valence electrons. The molecule has 0 saturated carbocycles. The predicted octanol–water partition coefficient (Wildman–Crippen LogP) is 4.08. The molecule has 0 unspecified atom stereocenters. The SMILES string of the molecule is CC(C)c1ccccc1OC[C@H](O)CN1CCN(Cc2ccc(Cl)s2)CC1. The topological polar surface area (TPSA) is 35.9 Å². The normalized spacial score (nSPS) is 17.4. The third-order valence-electron chi connectivity index (χ3n) is 4.91. The summed E-state index contributed by atoms with van der Waals surface area (Å²) in [6, 6.07) is 12.2. The first-order valence-electron chi connectivity index (χ1n) is 9.60. The predicted molar refractivity (Wildman–Crippen MR) is 113 cm³/mol. The molecule has 1 fully saturated rings. The fourth-order valence-electron chi connectivity index (χ4n) is 3.41. The van der Waals surface area contributed by atoms with Crippen molar-refractivity contribution in [3.8, 4) is 5.75 Å². The number of piperazine rings is 1. The molecule has 1 N–H and O–H groups in total. The fourth-order valence-corrected chi connectivity index (χ4v) is 4.54. The molecule has 1 aliphatic rings. The van der Waals surface area contributed by atoms with Gasteiger partial charge < -0.3 is 9.84 Å². The highest BCUT2D eigenvalue weighted by atomic mass is 35.5. The van der Waals surface area contributed by atoms with Crippen molar-refractivity contribution in [2.24, 2.45) is 0 Å². The molecular weight excluding hydrogens is 380 g/mol. The number of benzene rings is 1. The van der Waals surface area contributed by atoms with Crippen LogP contribution < -0.4 is 4.74 Å². The average molecular weight is 409 g/mol. The minimum Gasteiger partial charge on any atom is -0.491 e. The minimum atomic E-state index is -0.479. The number of thiophene rings is 1. The lowest BCUT2D eigenvalue weighted by atomic mass is 10.0. The molecule has 1 aromatic carbocycles. The number of aliphatic hydroxyl groups excluding tert-OH is 1. The van der Waals surface area contributed by atoms with Crippen LogP contribution >= 0.6 is 22.9 Å². The van der Waals surface area contributed by atoms with Crippen LogP contribution in [-0.4, -0.2) is 60.3 Å². The van der Waals surface area contributed by atoms with E-state index in [1.807, 2.05) is 24.3 Å². The summed E-state index contributed by atoms with van der Waals surface area (Å²) in [6.07, 6.45) is -0.479. The molecule has 1 aromatic heterocycles. The molecule has 0 radical (unpaired) electrons. The first-order valence-corrected chi connectivity index (χ1v) is 10.8. The monoisotopic (exact) mass is 408 g/mol. The van der Waals surface area contributed by atoms with Gasteiger partial charge in [0.15, 0.2) is 0 Å². The lowest BCUT2D eigenvalue weighted by Crippen LogP contribution is -2.48. The zero-order chi connectivity index (χ0) is 19.2. The molecule has 0 spiro atoms. The van der Waals surface area contributed by atoms with Crippen molar-refractivity contribution in [1.29, 1.82) is 0 Å². The third-order valence-corrected chi connectivity index (χ3v) is 6.13. The van der Waals surface area contributed by atoms with Gasteiger partial charge in [0.1, 0.15) is 18.5 Å². The summed E-state index contributed by atoms with van der Waals surface area (Å²) in [5.74, 6) is 1.29. The Balaban J connectivity index is 1.40. The molecule has 1 aliphatic heterocycles. The maximum absolute atomic E-state index is 10.4. The zero-order valence-corrected chi connectivity index (χ0v) is 17.7. The van der Waals surface area contributed by atoms with Crippen LogP contribution in [0.2, 0.25) is 4.34 Å². The van der Waals surface area contributed by atoms with E-state index < -0.39 is 6.10 Å². The number of hydrogen-bond acceptors (Lipinski definition) is 5. The van der Waals surface area contributed by atoms with Gasteiger partial charge in [0.25, 0.3) is 0 Å². The molecular formula is C21H29ClN2O2S. The molecule has 0 aliphatic carbocycles. The Hall–Kier alpha value is -1.11. The van der Waals surface area contributed by atoms with Crippen molar-refractivity contribution in [1.82, 2.24) is 9.80 Å². The highest BCUT2D eigenvalue weighted by molar-refractivity contribution is 7.16. The number of nitrogens with zero attached hydrogens (tertiary/aromatic N) is 2. The first-order chi connectivity index (χ1) is 13.0. The summed E-state index contributed by atoms with van der Waals surface area (Å²) in [7, 11) is 0. The van der Waals surface area contributed by atoms with Crippen LogP contribution in [0.3, 0.4) is 0 Å². The summed E-state index contributed by atoms with van der Waals surface area (Å²) in [5.41, 5.74) is 1.19. The van der Waals surface area contributed by atoms with E-state index in [0.29, 0.717) is 19.1 Å². The van der Waals surface area contributed by atoms with Gasteiger partial charge in [0.2, 0.25) is 0 Å². The third kappa shape index (κ3) is 6.19. The highest BCUT2D eigenvalue weighted by Crippen LogP contribution is 2.26. The van der Waals surface area contributed by atoms with Crippen molar-refractivity contribution >= 4 is 22.9 Å². The second kappa shape index (κ2) is 9.89. The largest absolute Gasteiger partial charge is 0.491 e. The number of para-hydroxylation sites is 1. The number of β-amino-alcohol motifs (C(OH)–C–C–N with tert-alkyl or cyclic N) is 1. The van der Waals surface area contributed by atoms with Crippen LogP contribution in [0.4, 0.5) is 0 Å². The van der Waals surface area contributed by atoms with E-state index in [1.54, 1.807) is 11.3 Å². The number of aliphatic hydroxyl groups is 1. The van der Waals surface area contributed by atoms with Crippen LogP contribution in [0.25, 0.3) is 0 Å². The molecule has 2 aromatic rings. The molecule has 4 nitrogen and oxygen atoms in total. The molecule has 3 rings (SSSR count). The Morgan fingerprint density at radius 3 is 2.44 bits per heavy atom. The van der Waals surface area contributed by atoms with Crippen molar-refractivity contribution in [2.75, 3.05) is 39.3 Å². The molecule has 1 atom stereocenters. The van der Waals surface area contributed by atoms with Crippen LogP contribution in [0.15, 0.2) is 36.4 Å². The number of halogens is 1. The van der Waals surface area contributed by atoms with Crippen LogP contribution in [0.5, 0.6) is 5.75 Å². The van der Waals surface area contributed by atoms with Crippen molar-refractivity contribution in [2.45, 2.75) is 32.4 Å². The number of rotatable bonds is 8. The Bertz CT molecular complexity index is 714. The van der Waals surface area contributed by atoms with Crippen molar-refractivity contribution < 1.29 is 9.84 Å². The van der Waals surface area contributed by atoms with Gasteiger partial charge in [-0.2, -0.15) is 0 Å². The standard InChI is InChI=1S/C21H29ClN2O2S/c1-16(2)19-5-3-4-6-20(19)26-15-17(25)13-23-9-11-24(12-10-23)14-18-7-8-21(22)27-18/h3-8,16-17,25H,9-15H2,1-2H3/t17-/m1/s1. The van der Waals surface area contributed by atoms with E-state index in [0.717, 1.165) is 42.8 Å². The van der Waals surface area contributed by atoms with Crippen molar-refractivity contribution in [3.63, 3.8) is 0 Å². The Morgan fingerprint density at radius 1 is 1.07 bits per heavy atom. The van der Waals surface area contributed by atoms with E-state index in [2.05, 4.69) is 35.8 Å². The van der Waals surface area contributed by atoms with E-state index >= 15 is 0 Å². The quantitative estimate of drug-likeness (QED) is 0.713. The van der Waals surface area contributed by atoms with Gasteiger partial charge in [0.05, 0.1) is 4.34 Å². The Kier molecular flexibility index (Phi) is 7.56. The van der Waals surface area contributed by atoms with Crippen molar-refractivity contribution in [3.05, 3.63) is 51.2 Å². The molecule has 0 amide bonds. The maximum atomic E-state index is 10.4. The van der Waals surface area contributed by atoms with Crippen LogP contribution in [-0.2, 0) is 6.54 Å². The molecule has 1 saturated heterocycles. The average Bonchev–Trinajstić information content (AvgIpc) is 3.06. The van der Waals surface area contributed by atoms with Crippen LogP contribution in [0, 0.1) is 0 Å². The van der Waals surface area contributed by atoms with E-state index in [4.69, 9.17) is 16.3 Å². The highest BCUT2D eigenvalue weighted by Gasteiger charge is 2.20. The lowest BCUT2D eigenvalue weighted by molar-refractivity contribution is 0.0445. The Labute approximate surface area is 171 Å². The fraction of sp³-hybridized carbons (Fsp3) is 0.524. The summed E-state index contributed by atoms with van der Waals surface area (Å²) >= 11 is 7.67. The Morgan fingerprint density at radius 2 is 1.78 bits per heavy atom. The lowest BCUT2D eigenvalue weighted by Gasteiger charge is -2.35. The number of ether oxygens (including phenoxy) is 1. The van der Waals surface area contributed by atoms with E-state index in [-0.39, 0.29) is 0 Å². The van der Waals surface area contributed by atoms with E-state index in [9.17, 15) is 5.11 Å². The van der Waals surface area contributed by atoms with Gasteiger partial charge in [0, 0.05) is 44.1 Å².